The molecule has 1 fully saturated rings. The second-order valence-corrected chi connectivity index (χ2v) is 5.86. The van der Waals surface area contributed by atoms with E-state index in [2.05, 4.69) is 15.4 Å². The lowest BCUT2D eigenvalue weighted by molar-refractivity contribution is 0.0449. The van der Waals surface area contributed by atoms with E-state index in [0.29, 0.717) is 17.9 Å². The average molecular weight is 300 g/mol. The molecule has 6 nitrogen and oxygen atoms in total. The van der Waals surface area contributed by atoms with Crippen LogP contribution in [0.2, 0.25) is 0 Å². The summed E-state index contributed by atoms with van der Waals surface area (Å²) in [6.45, 7) is 2.13. The Bertz CT molecular complexity index is 660. The molecular formula is C16H20N4O2. The van der Waals surface area contributed by atoms with Crippen LogP contribution in [0.4, 0.5) is 0 Å². The van der Waals surface area contributed by atoms with E-state index < -0.39 is 5.60 Å². The van der Waals surface area contributed by atoms with Crippen LogP contribution in [0, 0.1) is 6.92 Å². The summed E-state index contributed by atoms with van der Waals surface area (Å²) < 4.78 is 1.64. The van der Waals surface area contributed by atoms with E-state index in [0.717, 1.165) is 31.4 Å². The molecule has 1 aliphatic rings. The number of carbonyl (C=O) groups is 1. The fourth-order valence-electron chi connectivity index (χ4n) is 2.89. The molecule has 0 aliphatic heterocycles. The maximum absolute atomic E-state index is 12.3. The summed E-state index contributed by atoms with van der Waals surface area (Å²) in [7, 11) is 0. The van der Waals surface area contributed by atoms with Crippen molar-refractivity contribution in [2.75, 3.05) is 6.54 Å². The van der Waals surface area contributed by atoms with Gasteiger partial charge in [0.05, 0.1) is 23.1 Å². The molecule has 6 heteroatoms. The van der Waals surface area contributed by atoms with Gasteiger partial charge >= 0.3 is 0 Å². The minimum atomic E-state index is -0.749. The SMILES string of the molecule is Cc1c(C(=O)NCC2(O)CCCC2)cnn1-c1ccccn1. The van der Waals surface area contributed by atoms with Crippen LogP contribution in [0.3, 0.4) is 0 Å². The van der Waals surface area contributed by atoms with Gasteiger partial charge in [-0.3, -0.25) is 4.79 Å². The van der Waals surface area contributed by atoms with E-state index in [-0.39, 0.29) is 5.91 Å². The van der Waals surface area contributed by atoms with Crippen molar-refractivity contribution in [2.24, 2.45) is 0 Å². The fourth-order valence-corrected chi connectivity index (χ4v) is 2.89. The first-order valence-corrected chi connectivity index (χ1v) is 7.56. The van der Waals surface area contributed by atoms with Gasteiger partial charge in [0.2, 0.25) is 0 Å². The molecule has 2 heterocycles. The van der Waals surface area contributed by atoms with E-state index >= 15 is 0 Å². The zero-order chi connectivity index (χ0) is 15.6. The van der Waals surface area contributed by atoms with Gasteiger partial charge in [0.15, 0.2) is 5.82 Å². The first-order chi connectivity index (χ1) is 10.6. The summed E-state index contributed by atoms with van der Waals surface area (Å²) >= 11 is 0. The second kappa shape index (κ2) is 5.88. The quantitative estimate of drug-likeness (QED) is 0.899. The zero-order valence-corrected chi connectivity index (χ0v) is 12.6. The van der Waals surface area contributed by atoms with Crippen LogP contribution < -0.4 is 5.32 Å². The Balaban J connectivity index is 1.72. The number of pyridine rings is 1. The van der Waals surface area contributed by atoms with Crippen molar-refractivity contribution < 1.29 is 9.90 Å². The number of hydrogen-bond donors (Lipinski definition) is 2. The molecule has 0 atom stereocenters. The van der Waals surface area contributed by atoms with Crippen molar-refractivity contribution in [1.82, 2.24) is 20.1 Å². The van der Waals surface area contributed by atoms with Gasteiger partial charge in [0, 0.05) is 12.7 Å². The van der Waals surface area contributed by atoms with Crippen molar-refractivity contribution in [2.45, 2.75) is 38.2 Å². The first kappa shape index (κ1) is 14.7. The Morgan fingerprint density at radius 3 is 2.86 bits per heavy atom. The minimum absolute atomic E-state index is 0.208. The van der Waals surface area contributed by atoms with Gasteiger partial charge in [-0.2, -0.15) is 5.10 Å². The Labute approximate surface area is 129 Å². The normalized spacial score (nSPS) is 16.6. The van der Waals surface area contributed by atoms with E-state index in [9.17, 15) is 9.90 Å². The molecule has 0 radical (unpaired) electrons. The predicted molar refractivity (Wildman–Crippen MR) is 81.8 cm³/mol. The fraction of sp³-hybridized carbons (Fsp3) is 0.438. The first-order valence-electron chi connectivity index (χ1n) is 7.56. The van der Waals surface area contributed by atoms with Crippen LogP contribution in [0.15, 0.2) is 30.6 Å². The third-order valence-corrected chi connectivity index (χ3v) is 4.23. The third kappa shape index (κ3) is 2.87. The molecule has 0 unspecified atom stereocenters. The van der Waals surface area contributed by atoms with Crippen LogP contribution >= 0.6 is 0 Å². The van der Waals surface area contributed by atoms with Crippen molar-refractivity contribution >= 4 is 5.91 Å². The lowest BCUT2D eigenvalue weighted by atomic mass is 10.0. The summed E-state index contributed by atoms with van der Waals surface area (Å²) in [5, 5.41) is 17.4. The van der Waals surface area contributed by atoms with Gasteiger partial charge in [-0.1, -0.05) is 18.9 Å². The predicted octanol–water partition coefficient (Wildman–Crippen LogP) is 1.61. The molecule has 0 spiro atoms. The number of aromatic nitrogens is 3. The summed E-state index contributed by atoms with van der Waals surface area (Å²) in [4.78, 5) is 16.5. The largest absolute Gasteiger partial charge is 0.388 e. The van der Waals surface area contributed by atoms with E-state index in [1.165, 1.54) is 6.20 Å². The van der Waals surface area contributed by atoms with Gasteiger partial charge in [-0.15, -0.1) is 0 Å². The standard InChI is InChI=1S/C16H20N4O2/c1-12-13(10-19-20(12)14-6-2-5-9-17-14)15(21)18-11-16(22)7-3-4-8-16/h2,5-6,9-10,22H,3-4,7-8,11H2,1H3,(H,18,21). The molecule has 2 N–H and O–H groups in total. The van der Waals surface area contributed by atoms with E-state index in [1.807, 2.05) is 25.1 Å². The van der Waals surface area contributed by atoms with Crippen LogP contribution in [-0.2, 0) is 0 Å². The summed E-state index contributed by atoms with van der Waals surface area (Å²) in [5.41, 5.74) is 0.488. The molecule has 0 bridgehead atoms. The molecule has 2 aromatic rings. The molecule has 116 valence electrons. The second-order valence-electron chi connectivity index (χ2n) is 5.86. The smallest absolute Gasteiger partial charge is 0.254 e. The number of nitrogens with zero attached hydrogens (tertiary/aromatic N) is 3. The maximum Gasteiger partial charge on any atom is 0.254 e. The molecule has 2 aromatic heterocycles. The Morgan fingerprint density at radius 1 is 1.41 bits per heavy atom. The molecule has 0 aromatic carbocycles. The number of nitrogens with one attached hydrogen (secondary N) is 1. The number of amides is 1. The highest BCUT2D eigenvalue weighted by atomic mass is 16.3. The van der Waals surface area contributed by atoms with Gasteiger partial charge in [-0.05, 0) is 31.9 Å². The highest BCUT2D eigenvalue weighted by Gasteiger charge is 2.31. The van der Waals surface area contributed by atoms with Crippen molar-refractivity contribution in [3.8, 4) is 5.82 Å². The van der Waals surface area contributed by atoms with Gasteiger partial charge in [-0.25, -0.2) is 9.67 Å². The Kier molecular flexibility index (Phi) is 3.94. The van der Waals surface area contributed by atoms with Gasteiger partial charge < -0.3 is 10.4 Å². The van der Waals surface area contributed by atoms with Crippen molar-refractivity contribution in [1.29, 1.82) is 0 Å². The minimum Gasteiger partial charge on any atom is -0.388 e. The number of rotatable bonds is 4. The molecule has 1 aliphatic carbocycles. The molecular weight excluding hydrogens is 280 g/mol. The summed E-state index contributed by atoms with van der Waals surface area (Å²) in [5.74, 6) is 0.466. The molecule has 0 saturated heterocycles. The Morgan fingerprint density at radius 2 is 2.18 bits per heavy atom. The third-order valence-electron chi connectivity index (χ3n) is 4.23. The molecule has 3 rings (SSSR count). The van der Waals surface area contributed by atoms with Crippen LogP contribution in [0.25, 0.3) is 5.82 Å². The topological polar surface area (TPSA) is 80.0 Å². The molecule has 1 amide bonds. The summed E-state index contributed by atoms with van der Waals surface area (Å²) in [6, 6.07) is 5.54. The average Bonchev–Trinajstić information content (AvgIpc) is 3.13. The highest BCUT2D eigenvalue weighted by Crippen LogP contribution is 2.28. The van der Waals surface area contributed by atoms with Crippen LogP contribution in [-0.4, -0.2) is 37.9 Å². The van der Waals surface area contributed by atoms with E-state index in [4.69, 9.17) is 0 Å². The lowest BCUT2D eigenvalue weighted by Gasteiger charge is -2.22. The number of aliphatic hydroxyl groups is 1. The van der Waals surface area contributed by atoms with Crippen molar-refractivity contribution in [3.05, 3.63) is 41.9 Å². The maximum atomic E-state index is 12.3. The van der Waals surface area contributed by atoms with Gasteiger partial charge in [0.1, 0.15) is 0 Å². The van der Waals surface area contributed by atoms with Crippen molar-refractivity contribution in [3.63, 3.8) is 0 Å². The zero-order valence-electron chi connectivity index (χ0n) is 12.6. The van der Waals surface area contributed by atoms with E-state index in [1.54, 1.807) is 10.9 Å². The van der Waals surface area contributed by atoms with Crippen LogP contribution in [0.5, 0.6) is 0 Å². The molecule has 22 heavy (non-hydrogen) atoms. The summed E-state index contributed by atoms with van der Waals surface area (Å²) in [6.07, 6.45) is 6.76. The van der Waals surface area contributed by atoms with Crippen LogP contribution in [0.1, 0.15) is 41.7 Å². The highest BCUT2D eigenvalue weighted by molar-refractivity contribution is 5.95. The monoisotopic (exact) mass is 300 g/mol. The number of carbonyl (C=O) groups excluding carboxylic acids is 1. The lowest BCUT2D eigenvalue weighted by Crippen LogP contribution is -2.40. The van der Waals surface area contributed by atoms with Gasteiger partial charge in [0.25, 0.3) is 5.91 Å². The molecule has 1 saturated carbocycles. The number of hydrogen-bond acceptors (Lipinski definition) is 4. The Hall–Kier alpha value is -2.21.